The fourth-order valence-electron chi connectivity index (χ4n) is 5.21. The number of hydrogen-bond donors (Lipinski definition) is 0. The minimum absolute atomic E-state index is 0.176. The summed E-state index contributed by atoms with van der Waals surface area (Å²) in [6.45, 7) is 4.30. The van der Waals surface area contributed by atoms with Gasteiger partial charge in [0.25, 0.3) is 0 Å². The Hall–Kier alpha value is -4.28. The van der Waals surface area contributed by atoms with E-state index in [1.165, 1.54) is 11.8 Å². The van der Waals surface area contributed by atoms with E-state index in [-0.39, 0.29) is 24.0 Å². The van der Waals surface area contributed by atoms with E-state index in [1.807, 2.05) is 60.7 Å². The summed E-state index contributed by atoms with van der Waals surface area (Å²) in [7, 11) is 0. The van der Waals surface area contributed by atoms with Crippen LogP contribution in [0.4, 0.5) is 5.82 Å². The molecule has 1 fully saturated rings. The second-order valence-electron chi connectivity index (χ2n) is 10.8. The standard InChI is InChI=1S/C32H33ClN4O6/c33-25-5-1-24(2-6-25)21-40-26-7-3-23(4-8-26)19-35-16-13-29(14-17-35)42-28-11-9-27(10-12-28)41-22-30-15-18-36-20-31(37(38)39)34-32(36)43-30/h1-12,20,29-30H,13-19,21-22H2/t30-/m1/s1. The van der Waals surface area contributed by atoms with E-state index in [9.17, 15) is 10.1 Å². The number of halogens is 1. The molecule has 0 N–H and O–H groups in total. The molecule has 2 aliphatic heterocycles. The van der Waals surface area contributed by atoms with Crippen LogP contribution in [0.2, 0.25) is 5.02 Å². The highest BCUT2D eigenvalue weighted by atomic mass is 35.5. The van der Waals surface area contributed by atoms with Crippen LogP contribution in [0.1, 0.15) is 30.4 Å². The van der Waals surface area contributed by atoms with Crippen molar-refractivity contribution in [1.82, 2.24) is 14.5 Å². The Balaban J connectivity index is 0.896. The summed E-state index contributed by atoms with van der Waals surface area (Å²) in [4.78, 5) is 16.8. The smallest absolute Gasteiger partial charge is 0.414 e. The van der Waals surface area contributed by atoms with Gasteiger partial charge in [0.05, 0.1) is 0 Å². The molecule has 6 rings (SSSR count). The third-order valence-corrected chi connectivity index (χ3v) is 7.88. The first-order chi connectivity index (χ1) is 21.0. The van der Waals surface area contributed by atoms with Crippen LogP contribution in [0.15, 0.2) is 79.0 Å². The van der Waals surface area contributed by atoms with Gasteiger partial charge in [-0.15, -0.1) is 0 Å². The lowest BCUT2D eigenvalue weighted by Gasteiger charge is -2.32. The lowest BCUT2D eigenvalue weighted by molar-refractivity contribution is -0.389. The van der Waals surface area contributed by atoms with Crippen molar-refractivity contribution in [1.29, 1.82) is 0 Å². The van der Waals surface area contributed by atoms with Crippen LogP contribution in [0.5, 0.6) is 23.3 Å². The van der Waals surface area contributed by atoms with Crippen LogP contribution >= 0.6 is 11.6 Å². The van der Waals surface area contributed by atoms with E-state index in [4.69, 9.17) is 30.5 Å². The van der Waals surface area contributed by atoms with E-state index in [1.54, 1.807) is 4.57 Å². The zero-order valence-electron chi connectivity index (χ0n) is 23.6. The van der Waals surface area contributed by atoms with Crippen molar-refractivity contribution < 1.29 is 23.9 Å². The highest BCUT2D eigenvalue weighted by Crippen LogP contribution is 2.26. The molecule has 0 amide bonds. The number of aromatic nitrogens is 2. The highest BCUT2D eigenvalue weighted by Gasteiger charge is 2.28. The number of piperidine rings is 1. The van der Waals surface area contributed by atoms with Crippen molar-refractivity contribution in [3.05, 3.63) is 105 Å². The zero-order chi connectivity index (χ0) is 29.6. The number of imidazole rings is 1. The fourth-order valence-corrected chi connectivity index (χ4v) is 5.34. The number of rotatable bonds is 11. The van der Waals surface area contributed by atoms with Gasteiger partial charge >= 0.3 is 11.8 Å². The van der Waals surface area contributed by atoms with Crippen LogP contribution in [0, 0.1) is 10.1 Å². The van der Waals surface area contributed by atoms with Gasteiger partial charge in [0.1, 0.15) is 48.9 Å². The maximum atomic E-state index is 10.9. The number of benzene rings is 3. The highest BCUT2D eigenvalue weighted by molar-refractivity contribution is 6.30. The minimum atomic E-state index is -0.519. The molecular weight excluding hydrogens is 572 g/mol. The van der Waals surface area contributed by atoms with Crippen LogP contribution in [-0.2, 0) is 19.7 Å². The first kappa shape index (κ1) is 28.8. The van der Waals surface area contributed by atoms with Gasteiger partial charge in [-0.25, -0.2) is 0 Å². The fraction of sp³-hybridized carbons (Fsp3) is 0.344. The molecule has 0 unspecified atom stereocenters. The Kier molecular flexibility index (Phi) is 8.95. The molecule has 11 heteroatoms. The molecular formula is C32H33ClN4O6. The summed E-state index contributed by atoms with van der Waals surface area (Å²) in [6.07, 6.45) is 3.97. The Bertz CT molecular complexity index is 1500. The normalized spacial score (nSPS) is 17.1. The van der Waals surface area contributed by atoms with E-state index >= 15 is 0 Å². The van der Waals surface area contributed by atoms with E-state index in [0.29, 0.717) is 31.9 Å². The molecule has 1 aromatic heterocycles. The van der Waals surface area contributed by atoms with Crippen molar-refractivity contribution in [2.75, 3.05) is 19.7 Å². The molecule has 1 atom stereocenters. The molecule has 10 nitrogen and oxygen atoms in total. The summed E-state index contributed by atoms with van der Waals surface area (Å²) in [6, 6.07) is 23.9. The Morgan fingerprint density at radius 2 is 1.51 bits per heavy atom. The molecule has 3 heterocycles. The largest absolute Gasteiger partial charge is 0.490 e. The average Bonchev–Trinajstić information content (AvgIpc) is 3.46. The van der Waals surface area contributed by atoms with Gasteiger partial charge < -0.3 is 29.1 Å². The van der Waals surface area contributed by atoms with Gasteiger partial charge in [-0.1, -0.05) is 35.9 Å². The summed E-state index contributed by atoms with van der Waals surface area (Å²) < 4.78 is 25.5. The topological polar surface area (TPSA) is 101 Å². The predicted molar refractivity (Wildman–Crippen MR) is 161 cm³/mol. The van der Waals surface area contributed by atoms with Crippen molar-refractivity contribution in [3.63, 3.8) is 0 Å². The van der Waals surface area contributed by atoms with Gasteiger partial charge in [-0.3, -0.25) is 9.47 Å². The lowest BCUT2D eigenvalue weighted by atomic mass is 10.1. The number of nitrogens with zero attached hydrogens (tertiary/aromatic N) is 4. The number of likely N-dealkylation sites (tertiary alicyclic amines) is 1. The first-order valence-corrected chi connectivity index (χ1v) is 14.8. The van der Waals surface area contributed by atoms with Crippen LogP contribution in [-0.4, -0.2) is 51.3 Å². The van der Waals surface area contributed by atoms with E-state index in [0.717, 1.165) is 54.6 Å². The predicted octanol–water partition coefficient (Wildman–Crippen LogP) is 6.30. The number of nitro groups is 1. The Labute approximate surface area is 254 Å². The third kappa shape index (κ3) is 7.77. The van der Waals surface area contributed by atoms with Crippen molar-refractivity contribution in [3.8, 4) is 23.3 Å². The molecule has 224 valence electrons. The summed E-state index contributed by atoms with van der Waals surface area (Å²) in [5, 5.41) is 11.7. The molecule has 4 aromatic rings. The maximum Gasteiger partial charge on any atom is 0.414 e. The zero-order valence-corrected chi connectivity index (χ0v) is 24.4. The summed E-state index contributed by atoms with van der Waals surface area (Å²) in [5.41, 5.74) is 2.35. The Morgan fingerprint density at radius 1 is 0.860 bits per heavy atom. The molecule has 0 bridgehead atoms. The van der Waals surface area contributed by atoms with E-state index in [2.05, 4.69) is 22.0 Å². The van der Waals surface area contributed by atoms with Gasteiger partial charge in [-0.2, -0.15) is 0 Å². The second kappa shape index (κ2) is 13.4. The van der Waals surface area contributed by atoms with Gasteiger partial charge in [0, 0.05) is 42.6 Å². The van der Waals surface area contributed by atoms with Gasteiger partial charge in [-0.05, 0) is 77.4 Å². The second-order valence-corrected chi connectivity index (χ2v) is 11.2. The molecule has 0 radical (unpaired) electrons. The maximum absolute atomic E-state index is 10.9. The van der Waals surface area contributed by atoms with Crippen molar-refractivity contribution >= 4 is 17.4 Å². The summed E-state index contributed by atoms with van der Waals surface area (Å²) in [5.74, 6) is 2.18. The molecule has 2 aliphatic rings. The molecule has 0 saturated carbocycles. The van der Waals surface area contributed by atoms with Gasteiger partial charge in [0.2, 0.25) is 0 Å². The monoisotopic (exact) mass is 604 g/mol. The number of aryl methyl sites for hydroxylation is 1. The van der Waals surface area contributed by atoms with Crippen molar-refractivity contribution in [2.24, 2.45) is 0 Å². The molecule has 43 heavy (non-hydrogen) atoms. The average molecular weight is 605 g/mol. The molecule has 0 spiro atoms. The minimum Gasteiger partial charge on any atom is -0.490 e. The quantitative estimate of drug-likeness (QED) is 0.145. The van der Waals surface area contributed by atoms with Crippen LogP contribution in [0.3, 0.4) is 0 Å². The Morgan fingerprint density at radius 3 is 2.23 bits per heavy atom. The molecule has 1 saturated heterocycles. The SMILES string of the molecule is O=[N+]([O-])c1cn2c(n1)O[C@@H](COc1ccc(OC3CCN(Cc4ccc(OCc5ccc(Cl)cc5)cc4)CC3)cc1)CC2. The van der Waals surface area contributed by atoms with Crippen LogP contribution < -0.4 is 18.9 Å². The number of hydrogen-bond acceptors (Lipinski definition) is 8. The third-order valence-electron chi connectivity index (χ3n) is 7.62. The van der Waals surface area contributed by atoms with Crippen LogP contribution in [0.25, 0.3) is 0 Å². The number of fused-ring (bicyclic) bond motifs is 1. The molecule has 3 aromatic carbocycles. The first-order valence-electron chi connectivity index (χ1n) is 14.4. The van der Waals surface area contributed by atoms with Crippen molar-refractivity contribution in [2.45, 2.75) is 51.2 Å². The van der Waals surface area contributed by atoms with E-state index < -0.39 is 4.92 Å². The lowest BCUT2D eigenvalue weighted by Crippen LogP contribution is -2.37. The number of ether oxygens (including phenoxy) is 4. The summed E-state index contributed by atoms with van der Waals surface area (Å²) >= 11 is 5.95. The molecule has 0 aliphatic carbocycles. The van der Waals surface area contributed by atoms with Gasteiger partial charge in [0.15, 0.2) is 0 Å².